The molecule has 280 valence electrons. The number of carbonyl (C=O) groups excluding carboxylic acids is 5. The number of benzene rings is 6. The van der Waals surface area contributed by atoms with Gasteiger partial charge in [-0.2, -0.15) is 0 Å². The lowest BCUT2D eigenvalue weighted by Gasteiger charge is -2.13. The summed E-state index contributed by atoms with van der Waals surface area (Å²) in [6.07, 6.45) is 0.577. The highest BCUT2D eigenvalue weighted by atomic mass is 16.6. The van der Waals surface area contributed by atoms with E-state index in [-0.39, 0.29) is 45.1 Å². The summed E-state index contributed by atoms with van der Waals surface area (Å²) in [7, 11) is 4.33. The molecule has 6 rings (SSSR count). The number of hydrogen-bond acceptors (Lipinski definition) is 12. The first-order valence-corrected chi connectivity index (χ1v) is 16.8. The molecular weight excluding hydrogens is 720 g/mol. The quantitative estimate of drug-likeness (QED) is 0.0638. The van der Waals surface area contributed by atoms with Gasteiger partial charge in [-0.05, 0) is 90.0 Å². The standard InChI is InChI=1S/C44H32O12/c1-50-38-25-40(52-3)39(51-2)24-37(38)44(49)56-35-22-14-30(15-23-35)42(47)54-33-18-10-28(11-19-33)27-8-16-32(17-9-27)53-41(46)29-12-20-34(21-13-29)55-43(48)36-7-5-4-6-31(36)26-45/h4-26H,1-3H3. The lowest BCUT2D eigenvalue weighted by Crippen LogP contribution is -2.12. The molecule has 12 heteroatoms. The predicted octanol–water partition coefficient (Wildman–Crippen LogP) is 8.07. The fraction of sp³-hybridized carbons (Fsp3) is 0.0682. The molecule has 6 aromatic rings. The first-order chi connectivity index (χ1) is 27.2. The normalized spacial score (nSPS) is 10.4. The van der Waals surface area contributed by atoms with E-state index in [9.17, 15) is 24.0 Å². The van der Waals surface area contributed by atoms with E-state index in [0.717, 1.165) is 11.1 Å². The summed E-state index contributed by atoms with van der Waals surface area (Å²) < 4.78 is 37.7. The van der Waals surface area contributed by atoms with E-state index in [1.807, 2.05) is 0 Å². The molecule has 0 N–H and O–H groups in total. The predicted molar refractivity (Wildman–Crippen MR) is 203 cm³/mol. The number of aldehydes is 1. The number of methoxy groups -OCH3 is 3. The summed E-state index contributed by atoms with van der Waals surface area (Å²) in [6, 6.07) is 34.7. The minimum Gasteiger partial charge on any atom is -0.496 e. The molecule has 0 unspecified atom stereocenters. The molecule has 0 heterocycles. The topological polar surface area (TPSA) is 150 Å². The summed E-state index contributed by atoms with van der Waals surface area (Å²) in [4.78, 5) is 62.3. The van der Waals surface area contributed by atoms with Gasteiger partial charge in [0.15, 0.2) is 17.8 Å². The molecule has 0 spiro atoms. The van der Waals surface area contributed by atoms with Crippen LogP contribution in [0.4, 0.5) is 0 Å². The number of hydrogen-bond donors (Lipinski definition) is 0. The molecule has 0 radical (unpaired) electrons. The van der Waals surface area contributed by atoms with Gasteiger partial charge < -0.3 is 33.2 Å². The number of carbonyl (C=O) groups is 5. The first kappa shape index (κ1) is 38.0. The Morgan fingerprint density at radius 2 is 0.786 bits per heavy atom. The highest BCUT2D eigenvalue weighted by Gasteiger charge is 2.20. The van der Waals surface area contributed by atoms with Crippen molar-refractivity contribution in [1.82, 2.24) is 0 Å². The first-order valence-electron chi connectivity index (χ1n) is 16.8. The van der Waals surface area contributed by atoms with Crippen molar-refractivity contribution in [3.63, 3.8) is 0 Å². The molecule has 0 fully saturated rings. The second-order valence-corrected chi connectivity index (χ2v) is 11.8. The van der Waals surface area contributed by atoms with Gasteiger partial charge in [0.05, 0.1) is 38.0 Å². The van der Waals surface area contributed by atoms with E-state index >= 15 is 0 Å². The number of esters is 4. The van der Waals surface area contributed by atoms with E-state index in [4.69, 9.17) is 33.2 Å². The van der Waals surface area contributed by atoms with E-state index < -0.39 is 23.9 Å². The Labute approximate surface area is 320 Å². The third-order valence-electron chi connectivity index (χ3n) is 8.30. The average Bonchev–Trinajstić information content (AvgIpc) is 3.24. The Morgan fingerprint density at radius 3 is 1.21 bits per heavy atom. The third-order valence-corrected chi connectivity index (χ3v) is 8.30. The van der Waals surface area contributed by atoms with Gasteiger partial charge in [-0.25, -0.2) is 19.2 Å². The Hall–Kier alpha value is -7.73. The Bertz CT molecular complexity index is 2380. The van der Waals surface area contributed by atoms with Crippen LogP contribution in [0, 0.1) is 0 Å². The minimum absolute atomic E-state index is 0.124. The lowest BCUT2D eigenvalue weighted by atomic mass is 10.1. The highest BCUT2D eigenvalue weighted by molar-refractivity contribution is 5.99. The van der Waals surface area contributed by atoms with Crippen molar-refractivity contribution < 1.29 is 57.1 Å². The fourth-order valence-electron chi connectivity index (χ4n) is 5.38. The zero-order chi connectivity index (χ0) is 39.6. The van der Waals surface area contributed by atoms with Crippen LogP contribution in [0.25, 0.3) is 11.1 Å². The summed E-state index contributed by atoms with van der Waals surface area (Å²) in [6.45, 7) is 0. The zero-order valence-corrected chi connectivity index (χ0v) is 30.2. The molecule has 0 bridgehead atoms. The molecule has 12 nitrogen and oxygen atoms in total. The van der Waals surface area contributed by atoms with Crippen LogP contribution in [0.3, 0.4) is 0 Å². The van der Waals surface area contributed by atoms with Crippen molar-refractivity contribution in [2.75, 3.05) is 21.3 Å². The Kier molecular flexibility index (Phi) is 11.8. The van der Waals surface area contributed by atoms with Crippen molar-refractivity contribution in [3.8, 4) is 51.4 Å². The second-order valence-electron chi connectivity index (χ2n) is 11.8. The smallest absolute Gasteiger partial charge is 0.347 e. The van der Waals surface area contributed by atoms with Crippen LogP contribution in [0.15, 0.2) is 133 Å². The van der Waals surface area contributed by atoms with Gasteiger partial charge >= 0.3 is 23.9 Å². The van der Waals surface area contributed by atoms with Crippen molar-refractivity contribution in [2.24, 2.45) is 0 Å². The Balaban J connectivity index is 1.01. The van der Waals surface area contributed by atoms with Crippen LogP contribution in [-0.2, 0) is 0 Å². The molecule has 0 saturated carbocycles. The van der Waals surface area contributed by atoms with E-state index in [0.29, 0.717) is 29.3 Å². The molecule has 0 aromatic heterocycles. The van der Waals surface area contributed by atoms with Crippen molar-refractivity contribution >= 4 is 30.2 Å². The van der Waals surface area contributed by atoms with Gasteiger partial charge in [-0.3, -0.25) is 4.79 Å². The van der Waals surface area contributed by atoms with Crippen LogP contribution >= 0.6 is 0 Å². The van der Waals surface area contributed by atoms with Crippen LogP contribution in [0.1, 0.15) is 51.8 Å². The third kappa shape index (κ3) is 8.89. The maximum absolute atomic E-state index is 12.9. The average molecular weight is 753 g/mol. The summed E-state index contributed by atoms with van der Waals surface area (Å²) >= 11 is 0. The maximum Gasteiger partial charge on any atom is 0.347 e. The maximum atomic E-state index is 12.9. The van der Waals surface area contributed by atoms with Gasteiger partial charge in [0, 0.05) is 17.7 Å². The number of ether oxygens (including phenoxy) is 7. The van der Waals surface area contributed by atoms with Crippen molar-refractivity contribution in [2.45, 2.75) is 0 Å². The van der Waals surface area contributed by atoms with Gasteiger partial charge in [0.1, 0.15) is 34.3 Å². The number of rotatable bonds is 13. The SMILES string of the molecule is COc1cc(OC)c(C(=O)Oc2ccc(C(=O)Oc3ccc(-c4ccc(OC(=O)c5ccc(OC(=O)c6ccccc6C=O)cc5)cc4)cc3)cc2)cc1OC. The van der Waals surface area contributed by atoms with E-state index in [1.165, 1.54) is 94.1 Å². The van der Waals surface area contributed by atoms with E-state index in [2.05, 4.69) is 0 Å². The second kappa shape index (κ2) is 17.4. The summed E-state index contributed by atoms with van der Waals surface area (Å²) in [5, 5.41) is 0. The zero-order valence-electron chi connectivity index (χ0n) is 30.2. The van der Waals surface area contributed by atoms with Crippen molar-refractivity contribution in [1.29, 1.82) is 0 Å². The molecule has 0 aliphatic rings. The molecule has 0 amide bonds. The molecular formula is C44H32O12. The largest absolute Gasteiger partial charge is 0.496 e. The van der Waals surface area contributed by atoms with Gasteiger partial charge in [0.25, 0.3) is 0 Å². The molecule has 0 atom stereocenters. The molecule has 0 aliphatic heterocycles. The van der Waals surface area contributed by atoms with Crippen LogP contribution in [0.5, 0.6) is 40.2 Å². The lowest BCUT2D eigenvalue weighted by molar-refractivity contribution is 0.0718. The monoisotopic (exact) mass is 752 g/mol. The molecule has 56 heavy (non-hydrogen) atoms. The van der Waals surface area contributed by atoms with E-state index in [1.54, 1.807) is 60.7 Å². The molecule has 6 aromatic carbocycles. The highest BCUT2D eigenvalue weighted by Crippen LogP contribution is 2.35. The minimum atomic E-state index is -0.696. The van der Waals surface area contributed by atoms with Crippen LogP contribution in [-0.4, -0.2) is 51.5 Å². The van der Waals surface area contributed by atoms with Crippen molar-refractivity contribution in [3.05, 3.63) is 161 Å². The van der Waals surface area contributed by atoms with Gasteiger partial charge in [-0.1, -0.05) is 42.5 Å². The molecule has 0 saturated heterocycles. The fourth-order valence-corrected chi connectivity index (χ4v) is 5.38. The van der Waals surface area contributed by atoms with Crippen LogP contribution < -0.4 is 33.2 Å². The molecule has 0 aliphatic carbocycles. The van der Waals surface area contributed by atoms with Crippen LogP contribution in [0.2, 0.25) is 0 Å². The Morgan fingerprint density at radius 1 is 0.411 bits per heavy atom. The summed E-state index contributed by atoms with van der Waals surface area (Å²) in [5.74, 6) is -0.645. The van der Waals surface area contributed by atoms with Gasteiger partial charge in [-0.15, -0.1) is 0 Å². The summed E-state index contributed by atoms with van der Waals surface area (Å²) in [5.41, 5.74) is 2.58. The van der Waals surface area contributed by atoms with Gasteiger partial charge in [0.2, 0.25) is 0 Å².